The Kier molecular flexibility index (Phi) is 5.30. The van der Waals surface area contributed by atoms with E-state index in [1.165, 1.54) is 0 Å². The first-order valence-corrected chi connectivity index (χ1v) is 9.23. The maximum absolute atomic E-state index is 12.6. The average molecular weight is 331 g/mol. The Morgan fingerprint density at radius 3 is 2.71 bits per heavy atom. The van der Waals surface area contributed by atoms with Crippen LogP contribution in [0.4, 0.5) is 0 Å². The van der Waals surface area contributed by atoms with Crippen LogP contribution >= 0.6 is 11.6 Å². The molecule has 21 heavy (non-hydrogen) atoms. The number of halogens is 1. The summed E-state index contributed by atoms with van der Waals surface area (Å²) in [4.78, 5) is 0.165. The number of hydrogen-bond acceptors (Lipinski definition) is 3. The molecule has 1 aromatic carbocycles. The summed E-state index contributed by atoms with van der Waals surface area (Å²) in [5.74, 6) is 0.464. The second kappa shape index (κ2) is 6.65. The summed E-state index contributed by atoms with van der Waals surface area (Å²) in [6, 6.07) is 5.10. The molecule has 0 radical (unpaired) electrons. The molecule has 1 saturated carbocycles. The topological polar surface area (TPSA) is 72.2 Å². The van der Waals surface area contributed by atoms with Crippen LogP contribution in [0.2, 0.25) is 5.02 Å². The minimum absolute atomic E-state index is 0.0845. The first kappa shape index (κ1) is 16.7. The zero-order chi connectivity index (χ0) is 15.6. The van der Waals surface area contributed by atoms with Crippen LogP contribution in [-0.4, -0.2) is 21.0 Å². The van der Waals surface area contributed by atoms with E-state index >= 15 is 0 Å². The van der Waals surface area contributed by atoms with Crippen LogP contribution in [0.15, 0.2) is 23.1 Å². The molecule has 2 atom stereocenters. The van der Waals surface area contributed by atoms with Crippen LogP contribution in [0.3, 0.4) is 0 Å². The Hall–Kier alpha value is -0.620. The molecule has 0 spiro atoms. The van der Waals surface area contributed by atoms with Crippen LogP contribution in [0.1, 0.15) is 44.6 Å². The first-order chi connectivity index (χ1) is 9.85. The predicted molar refractivity (Wildman–Crippen MR) is 86.0 cm³/mol. The Labute approximate surface area is 132 Å². The fraction of sp³-hybridized carbons (Fsp3) is 0.600. The summed E-state index contributed by atoms with van der Waals surface area (Å²) in [6.07, 6.45) is 2.82. The summed E-state index contributed by atoms with van der Waals surface area (Å²) in [5, 5.41) is 0.259. The molecule has 0 aliphatic heterocycles. The van der Waals surface area contributed by atoms with E-state index in [9.17, 15) is 8.42 Å². The third-order valence-corrected chi connectivity index (χ3v) is 6.15. The van der Waals surface area contributed by atoms with Crippen molar-refractivity contribution in [1.29, 1.82) is 0 Å². The molecular formula is C15H23ClN2O2S. The molecule has 1 aliphatic rings. The fourth-order valence-corrected chi connectivity index (χ4v) is 4.70. The van der Waals surface area contributed by atoms with Gasteiger partial charge in [0.15, 0.2) is 0 Å². The van der Waals surface area contributed by atoms with Crippen molar-refractivity contribution in [1.82, 2.24) is 4.72 Å². The molecule has 0 saturated heterocycles. The zero-order valence-corrected chi connectivity index (χ0v) is 14.0. The van der Waals surface area contributed by atoms with Gasteiger partial charge in [0.1, 0.15) is 4.90 Å². The largest absolute Gasteiger partial charge is 0.330 e. The lowest BCUT2D eigenvalue weighted by Gasteiger charge is -2.20. The number of benzene rings is 1. The van der Waals surface area contributed by atoms with Crippen LogP contribution in [-0.2, 0) is 10.0 Å². The van der Waals surface area contributed by atoms with Crippen LogP contribution in [0, 0.1) is 5.92 Å². The van der Waals surface area contributed by atoms with Crippen molar-refractivity contribution in [2.75, 3.05) is 6.54 Å². The lowest BCUT2D eigenvalue weighted by atomic mass is 10.0. The highest BCUT2D eigenvalue weighted by Gasteiger charge is 2.31. The second-order valence-electron chi connectivity index (χ2n) is 6.00. The number of nitrogens with two attached hydrogens (primary N) is 1. The van der Waals surface area contributed by atoms with Crippen molar-refractivity contribution in [2.24, 2.45) is 11.7 Å². The molecule has 0 amide bonds. The number of sulfonamides is 1. The Balaban J connectivity index is 2.29. The Morgan fingerprint density at radius 1 is 1.38 bits per heavy atom. The standard InChI is InChI=1S/C15H23ClN2O2S/c1-10(2)11-6-7-13(16)15(8-11)21(19,20)18-14-5-3-4-12(14)9-17/h6-8,10,12,14,18H,3-5,9,17H2,1-2H3. The summed E-state index contributed by atoms with van der Waals surface area (Å²) in [5.41, 5.74) is 6.67. The highest BCUT2D eigenvalue weighted by molar-refractivity contribution is 7.89. The van der Waals surface area contributed by atoms with E-state index in [2.05, 4.69) is 4.72 Å². The van der Waals surface area contributed by atoms with E-state index in [1.54, 1.807) is 12.1 Å². The lowest BCUT2D eigenvalue weighted by molar-refractivity contribution is 0.453. The summed E-state index contributed by atoms with van der Waals surface area (Å²) in [6.45, 7) is 4.55. The zero-order valence-electron chi connectivity index (χ0n) is 12.5. The second-order valence-corrected chi connectivity index (χ2v) is 8.09. The van der Waals surface area contributed by atoms with E-state index in [4.69, 9.17) is 17.3 Å². The molecular weight excluding hydrogens is 308 g/mol. The van der Waals surface area contributed by atoms with Gasteiger partial charge in [-0.2, -0.15) is 0 Å². The van der Waals surface area contributed by atoms with Crippen LogP contribution < -0.4 is 10.5 Å². The van der Waals surface area contributed by atoms with Gasteiger partial charge in [-0.05, 0) is 48.9 Å². The van der Waals surface area contributed by atoms with E-state index in [0.29, 0.717) is 6.54 Å². The van der Waals surface area contributed by atoms with Crippen molar-refractivity contribution < 1.29 is 8.42 Å². The fourth-order valence-electron chi connectivity index (χ4n) is 2.82. The van der Waals surface area contributed by atoms with Gasteiger partial charge in [0.05, 0.1) is 5.02 Å². The summed E-state index contributed by atoms with van der Waals surface area (Å²) >= 11 is 6.10. The minimum atomic E-state index is -3.61. The maximum atomic E-state index is 12.6. The molecule has 6 heteroatoms. The summed E-state index contributed by atoms with van der Waals surface area (Å²) in [7, 11) is -3.61. The Bertz CT molecular complexity index is 602. The highest BCUT2D eigenvalue weighted by Crippen LogP contribution is 2.29. The van der Waals surface area contributed by atoms with E-state index in [0.717, 1.165) is 24.8 Å². The third kappa shape index (κ3) is 3.77. The molecule has 118 valence electrons. The number of rotatable bonds is 5. The van der Waals surface area contributed by atoms with Gasteiger partial charge in [0, 0.05) is 6.04 Å². The smallest absolute Gasteiger partial charge is 0.242 e. The quantitative estimate of drug-likeness (QED) is 0.872. The van der Waals surface area contributed by atoms with Gasteiger partial charge in [0.2, 0.25) is 10.0 Å². The molecule has 0 heterocycles. The Morgan fingerprint density at radius 2 is 2.10 bits per heavy atom. The van der Waals surface area contributed by atoms with Gasteiger partial charge >= 0.3 is 0 Å². The average Bonchev–Trinajstić information content (AvgIpc) is 2.85. The molecule has 4 nitrogen and oxygen atoms in total. The van der Waals surface area contributed by atoms with Gasteiger partial charge in [0.25, 0.3) is 0 Å². The van der Waals surface area contributed by atoms with Gasteiger partial charge in [-0.1, -0.05) is 37.9 Å². The molecule has 0 bridgehead atoms. The predicted octanol–water partition coefficient (Wildman–Crippen LogP) is 2.87. The molecule has 3 N–H and O–H groups in total. The SMILES string of the molecule is CC(C)c1ccc(Cl)c(S(=O)(=O)NC2CCCC2CN)c1. The highest BCUT2D eigenvalue weighted by atomic mass is 35.5. The molecule has 1 aromatic rings. The maximum Gasteiger partial charge on any atom is 0.242 e. The summed E-state index contributed by atoms with van der Waals surface area (Å²) < 4.78 is 28.0. The van der Waals surface area contributed by atoms with Crippen molar-refractivity contribution in [3.8, 4) is 0 Å². The van der Waals surface area contributed by atoms with Gasteiger partial charge in [-0.25, -0.2) is 13.1 Å². The number of hydrogen-bond donors (Lipinski definition) is 2. The minimum Gasteiger partial charge on any atom is -0.330 e. The van der Waals surface area contributed by atoms with Crippen molar-refractivity contribution in [3.63, 3.8) is 0 Å². The monoisotopic (exact) mass is 330 g/mol. The van der Waals surface area contributed by atoms with Crippen molar-refractivity contribution >= 4 is 21.6 Å². The van der Waals surface area contributed by atoms with E-state index < -0.39 is 10.0 Å². The molecule has 1 aliphatic carbocycles. The van der Waals surface area contributed by atoms with Crippen molar-refractivity contribution in [3.05, 3.63) is 28.8 Å². The van der Waals surface area contributed by atoms with Crippen molar-refractivity contribution in [2.45, 2.75) is 50.0 Å². The van der Waals surface area contributed by atoms with Gasteiger partial charge in [-0.3, -0.25) is 0 Å². The van der Waals surface area contributed by atoms with E-state index in [-0.39, 0.29) is 27.8 Å². The first-order valence-electron chi connectivity index (χ1n) is 7.37. The molecule has 2 unspecified atom stereocenters. The van der Waals surface area contributed by atoms with Gasteiger partial charge in [-0.15, -0.1) is 0 Å². The molecule has 2 rings (SSSR count). The normalized spacial score (nSPS) is 22.9. The van der Waals surface area contributed by atoms with E-state index in [1.807, 2.05) is 19.9 Å². The molecule has 0 aromatic heterocycles. The van der Waals surface area contributed by atoms with Crippen LogP contribution in [0.5, 0.6) is 0 Å². The lowest BCUT2D eigenvalue weighted by Crippen LogP contribution is -2.39. The third-order valence-electron chi connectivity index (χ3n) is 4.18. The molecule has 1 fully saturated rings. The number of nitrogens with one attached hydrogen (secondary N) is 1. The van der Waals surface area contributed by atoms with Crippen LogP contribution in [0.25, 0.3) is 0 Å². The van der Waals surface area contributed by atoms with Gasteiger partial charge < -0.3 is 5.73 Å².